The van der Waals surface area contributed by atoms with Crippen molar-refractivity contribution >= 4 is 9.84 Å². The summed E-state index contributed by atoms with van der Waals surface area (Å²) >= 11 is 0. The largest absolute Gasteiger partial charge is 0.317 e. The van der Waals surface area contributed by atoms with Crippen LogP contribution in [0.5, 0.6) is 0 Å². The van der Waals surface area contributed by atoms with Gasteiger partial charge in [0.1, 0.15) is 0 Å². The van der Waals surface area contributed by atoms with Gasteiger partial charge in [0.15, 0.2) is 9.84 Å². The molecular weight excluding hydrogens is 248 g/mol. The van der Waals surface area contributed by atoms with E-state index in [1.165, 1.54) is 5.56 Å². The van der Waals surface area contributed by atoms with Crippen LogP contribution in [0.3, 0.4) is 0 Å². The van der Waals surface area contributed by atoms with Gasteiger partial charge in [-0.3, -0.25) is 4.98 Å². The summed E-state index contributed by atoms with van der Waals surface area (Å²) in [6, 6.07) is 4.36. The molecule has 0 spiro atoms. The summed E-state index contributed by atoms with van der Waals surface area (Å²) in [5, 5.41) is 3.29. The van der Waals surface area contributed by atoms with E-state index in [1.54, 1.807) is 12.4 Å². The molecule has 2 unspecified atom stereocenters. The van der Waals surface area contributed by atoms with E-state index >= 15 is 0 Å². The lowest BCUT2D eigenvalue weighted by atomic mass is 9.95. The van der Waals surface area contributed by atoms with Crippen molar-refractivity contribution in [1.29, 1.82) is 0 Å². The lowest BCUT2D eigenvalue weighted by Crippen LogP contribution is -2.30. The monoisotopic (exact) mass is 268 g/mol. The first kappa shape index (κ1) is 13.5. The average molecular weight is 268 g/mol. The van der Waals surface area contributed by atoms with Crippen molar-refractivity contribution in [3.05, 3.63) is 30.1 Å². The van der Waals surface area contributed by atoms with Gasteiger partial charge in [-0.05, 0) is 49.9 Å². The zero-order chi connectivity index (χ0) is 13.0. The third kappa shape index (κ3) is 3.78. The number of hydrogen-bond acceptors (Lipinski definition) is 4. The zero-order valence-corrected chi connectivity index (χ0v) is 11.5. The maximum atomic E-state index is 11.4. The summed E-state index contributed by atoms with van der Waals surface area (Å²) in [5.41, 5.74) is 1.24. The number of nitrogens with zero attached hydrogens (tertiary/aromatic N) is 1. The van der Waals surface area contributed by atoms with Gasteiger partial charge < -0.3 is 5.32 Å². The van der Waals surface area contributed by atoms with Gasteiger partial charge in [0.2, 0.25) is 0 Å². The molecule has 1 aromatic rings. The Morgan fingerprint density at radius 2 is 2.17 bits per heavy atom. The summed E-state index contributed by atoms with van der Waals surface area (Å²) in [4.78, 5) is 4.00. The summed E-state index contributed by atoms with van der Waals surface area (Å²) in [6.07, 6.45) is 6.26. The molecule has 1 saturated heterocycles. The smallest absolute Gasteiger partial charge is 0.150 e. The van der Waals surface area contributed by atoms with Gasteiger partial charge in [0.25, 0.3) is 0 Å². The molecule has 1 aliphatic rings. The van der Waals surface area contributed by atoms with Crippen LogP contribution in [0.15, 0.2) is 24.5 Å². The van der Waals surface area contributed by atoms with Crippen LogP contribution in [0.4, 0.5) is 0 Å². The van der Waals surface area contributed by atoms with Crippen LogP contribution < -0.4 is 5.32 Å². The van der Waals surface area contributed by atoms with Gasteiger partial charge in [-0.15, -0.1) is 0 Å². The van der Waals surface area contributed by atoms with E-state index in [-0.39, 0.29) is 0 Å². The van der Waals surface area contributed by atoms with E-state index < -0.39 is 9.84 Å². The van der Waals surface area contributed by atoms with Crippen molar-refractivity contribution in [2.75, 3.05) is 18.6 Å². The Balaban J connectivity index is 1.90. The van der Waals surface area contributed by atoms with Crippen LogP contribution >= 0.6 is 0 Å². The SMILES string of the molecule is CNC(Cc1ccncc1)CC1CCS(=O)(=O)C1. The highest BCUT2D eigenvalue weighted by molar-refractivity contribution is 7.91. The maximum absolute atomic E-state index is 11.4. The first-order valence-electron chi connectivity index (χ1n) is 6.35. The van der Waals surface area contributed by atoms with Crippen LogP contribution in [0.25, 0.3) is 0 Å². The van der Waals surface area contributed by atoms with Gasteiger partial charge in [-0.2, -0.15) is 0 Å². The Morgan fingerprint density at radius 3 is 2.72 bits per heavy atom. The molecule has 1 N–H and O–H groups in total. The molecule has 1 aromatic heterocycles. The summed E-state index contributed by atoms with van der Waals surface area (Å²) in [7, 11) is -0.820. The van der Waals surface area contributed by atoms with E-state index in [0.29, 0.717) is 23.5 Å². The minimum absolute atomic E-state index is 0.314. The van der Waals surface area contributed by atoms with E-state index in [2.05, 4.69) is 10.3 Å². The van der Waals surface area contributed by atoms with E-state index in [0.717, 1.165) is 19.3 Å². The Kier molecular flexibility index (Phi) is 4.35. The zero-order valence-electron chi connectivity index (χ0n) is 10.7. The van der Waals surface area contributed by atoms with Crippen LogP contribution in [-0.2, 0) is 16.3 Å². The molecule has 0 amide bonds. The third-order valence-corrected chi connectivity index (χ3v) is 5.42. The van der Waals surface area contributed by atoms with Crippen LogP contribution in [0.2, 0.25) is 0 Å². The number of nitrogens with one attached hydrogen (secondary N) is 1. The number of likely N-dealkylation sites (N-methyl/N-ethyl adjacent to an activating group) is 1. The average Bonchev–Trinajstić information content (AvgIpc) is 2.69. The summed E-state index contributed by atoms with van der Waals surface area (Å²) in [6.45, 7) is 0. The molecule has 1 fully saturated rings. The molecule has 2 heterocycles. The van der Waals surface area contributed by atoms with Gasteiger partial charge in [-0.1, -0.05) is 0 Å². The Labute approximate surface area is 109 Å². The lowest BCUT2D eigenvalue weighted by molar-refractivity contribution is 0.424. The molecule has 0 aliphatic carbocycles. The molecule has 18 heavy (non-hydrogen) atoms. The predicted octanol–water partition coefficient (Wildman–Crippen LogP) is 1.04. The number of hydrogen-bond donors (Lipinski definition) is 1. The highest BCUT2D eigenvalue weighted by Crippen LogP contribution is 2.23. The minimum Gasteiger partial charge on any atom is -0.317 e. The molecule has 2 atom stereocenters. The first-order chi connectivity index (χ1) is 8.59. The number of aromatic nitrogens is 1. The fourth-order valence-electron chi connectivity index (χ4n) is 2.57. The van der Waals surface area contributed by atoms with Crippen molar-refractivity contribution in [3.8, 4) is 0 Å². The maximum Gasteiger partial charge on any atom is 0.150 e. The van der Waals surface area contributed by atoms with E-state index in [1.807, 2.05) is 19.2 Å². The number of sulfone groups is 1. The van der Waals surface area contributed by atoms with E-state index in [4.69, 9.17) is 0 Å². The molecule has 100 valence electrons. The highest BCUT2D eigenvalue weighted by Gasteiger charge is 2.29. The first-order valence-corrected chi connectivity index (χ1v) is 8.18. The molecule has 0 bridgehead atoms. The standard InChI is InChI=1S/C13H20N2O2S/c1-14-13(8-11-2-5-15-6-3-11)9-12-4-7-18(16,17)10-12/h2-3,5-6,12-14H,4,7-10H2,1H3. The topological polar surface area (TPSA) is 59.1 Å². The third-order valence-electron chi connectivity index (χ3n) is 3.58. The number of rotatable bonds is 5. The predicted molar refractivity (Wildman–Crippen MR) is 72.2 cm³/mol. The Morgan fingerprint density at radius 1 is 1.44 bits per heavy atom. The van der Waals surface area contributed by atoms with Crippen molar-refractivity contribution in [2.45, 2.75) is 25.3 Å². The minimum atomic E-state index is -2.76. The number of pyridine rings is 1. The van der Waals surface area contributed by atoms with Crippen molar-refractivity contribution in [3.63, 3.8) is 0 Å². The van der Waals surface area contributed by atoms with Gasteiger partial charge in [0.05, 0.1) is 11.5 Å². The molecule has 5 heteroatoms. The molecule has 0 aromatic carbocycles. The van der Waals surface area contributed by atoms with Gasteiger partial charge in [-0.25, -0.2) is 8.42 Å². The van der Waals surface area contributed by atoms with Crippen LogP contribution in [0, 0.1) is 5.92 Å². The Hall–Kier alpha value is -0.940. The molecule has 4 nitrogen and oxygen atoms in total. The van der Waals surface area contributed by atoms with Crippen LogP contribution in [0.1, 0.15) is 18.4 Å². The quantitative estimate of drug-likeness (QED) is 0.867. The van der Waals surface area contributed by atoms with Gasteiger partial charge >= 0.3 is 0 Å². The van der Waals surface area contributed by atoms with Crippen LogP contribution in [-0.4, -0.2) is 38.0 Å². The highest BCUT2D eigenvalue weighted by atomic mass is 32.2. The normalized spacial score (nSPS) is 23.9. The second-order valence-electron chi connectivity index (χ2n) is 5.05. The fourth-order valence-corrected chi connectivity index (χ4v) is 4.45. The summed E-state index contributed by atoms with van der Waals surface area (Å²) in [5.74, 6) is 1.04. The van der Waals surface area contributed by atoms with Crippen molar-refractivity contribution in [1.82, 2.24) is 10.3 Å². The second kappa shape index (κ2) is 5.80. The lowest BCUT2D eigenvalue weighted by Gasteiger charge is -2.19. The molecule has 2 rings (SSSR count). The second-order valence-corrected chi connectivity index (χ2v) is 7.28. The summed E-state index contributed by atoms with van der Waals surface area (Å²) < 4.78 is 22.9. The van der Waals surface area contributed by atoms with Crippen molar-refractivity contribution in [2.24, 2.45) is 5.92 Å². The fraction of sp³-hybridized carbons (Fsp3) is 0.615. The molecule has 0 radical (unpaired) electrons. The molecule has 0 saturated carbocycles. The molecule has 1 aliphatic heterocycles. The molecular formula is C13H20N2O2S. The van der Waals surface area contributed by atoms with Gasteiger partial charge in [0, 0.05) is 18.4 Å². The Bertz CT molecular complexity index is 473. The van der Waals surface area contributed by atoms with Crippen molar-refractivity contribution < 1.29 is 8.42 Å². The van der Waals surface area contributed by atoms with E-state index in [9.17, 15) is 8.42 Å².